The van der Waals surface area contributed by atoms with E-state index in [0.29, 0.717) is 18.4 Å². The number of nitrogens with one attached hydrogen (secondary N) is 1. The van der Waals surface area contributed by atoms with Gasteiger partial charge in [-0.05, 0) is 49.4 Å². The van der Waals surface area contributed by atoms with E-state index < -0.39 is 11.6 Å². The normalized spacial score (nSPS) is 12.4. The fourth-order valence-corrected chi connectivity index (χ4v) is 2.43. The van der Waals surface area contributed by atoms with Crippen molar-refractivity contribution in [1.82, 2.24) is 5.43 Å². The van der Waals surface area contributed by atoms with Crippen LogP contribution in [-0.4, -0.2) is 6.04 Å². The van der Waals surface area contributed by atoms with Gasteiger partial charge >= 0.3 is 0 Å². The van der Waals surface area contributed by atoms with Gasteiger partial charge in [0.15, 0.2) is 0 Å². The Balaban J connectivity index is 2.14. The average Bonchev–Trinajstić information content (AvgIpc) is 2.44. The third kappa shape index (κ3) is 4.09. The van der Waals surface area contributed by atoms with Gasteiger partial charge in [-0.3, -0.25) is 11.3 Å². The van der Waals surface area contributed by atoms with E-state index in [2.05, 4.69) is 23.6 Å². The van der Waals surface area contributed by atoms with Crippen LogP contribution in [0.2, 0.25) is 0 Å². The fraction of sp³-hybridized carbons (Fsp3) is 0.294. The third-order valence-electron chi connectivity index (χ3n) is 3.69. The standard InChI is InChI=1S/C17H20F2N2/c1-11-3-4-12(2)14(7-11)9-16(21-20)8-13-5-6-15(18)10-17(13)19/h3-7,10,16,21H,8-9,20H2,1-2H3. The highest BCUT2D eigenvalue weighted by molar-refractivity contribution is 5.31. The third-order valence-corrected chi connectivity index (χ3v) is 3.69. The molecule has 0 spiro atoms. The number of halogens is 2. The lowest BCUT2D eigenvalue weighted by atomic mass is 9.95. The van der Waals surface area contributed by atoms with Crippen molar-refractivity contribution in [1.29, 1.82) is 0 Å². The summed E-state index contributed by atoms with van der Waals surface area (Å²) in [5, 5.41) is 0. The second-order valence-corrected chi connectivity index (χ2v) is 5.44. The van der Waals surface area contributed by atoms with Crippen molar-refractivity contribution < 1.29 is 8.78 Å². The molecule has 0 aliphatic heterocycles. The van der Waals surface area contributed by atoms with Crippen molar-refractivity contribution in [2.24, 2.45) is 5.84 Å². The van der Waals surface area contributed by atoms with E-state index in [9.17, 15) is 8.78 Å². The number of nitrogens with two attached hydrogens (primary N) is 1. The van der Waals surface area contributed by atoms with Crippen LogP contribution in [0, 0.1) is 25.5 Å². The maximum atomic E-state index is 13.7. The molecule has 0 fully saturated rings. The molecule has 2 nitrogen and oxygen atoms in total. The molecular weight excluding hydrogens is 270 g/mol. The Morgan fingerprint density at radius 2 is 1.71 bits per heavy atom. The molecule has 2 aromatic carbocycles. The molecule has 4 heteroatoms. The van der Waals surface area contributed by atoms with Crippen molar-refractivity contribution >= 4 is 0 Å². The zero-order chi connectivity index (χ0) is 15.4. The molecule has 0 amide bonds. The Kier molecular flexibility index (Phi) is 5.04. The molecule has 0 heterocycles. The van der Waals surface area contributed by atoms with Gasteiger partial charge in [0.2, 0.25) is 0 Å². The molecular formula is C17H20F2N2. The SMILES string of the molecule is Cc1ccc(C)c(CC(Cc2ccc(F)cc2F)NN)c1. The number of rotatable bonds is 5. The first kappa shape index (κ1) is 15.6. The highest BCUT2D eigenvalue weighted by Gasteiger charge is 2.13. The van der Waals surface area contributed by atoms with Crippen LogP contribution in [0.25, 0.3) is 0 Å². The van der Waals surface area contributed by atoms with E-state index in [1.165, 1.54) is 28.8 Å². The molecule has 1 unspecified atom stereocenters. The largest absolute Gasteiger partial charge is 0.271 e. The molecule has 0 aromatic heterocycles. The highest BCUT2D eigenvalue weighted by Crippen LogP contribution is 2.16. The molecule has 0 aliphatic rings. The summed E-state index contributed by atoms with van der Waals surface area (Å²) in [5.41, 5.74) is 6.73. The van der Waals surface area contributed by atoms with Crippen LogP contribution < -0.4 is 11.3 Å². The Morgan fingerprint density at radius 3 is 2.38 bits per heavy atom. The predicted molar refractivity (Wildman–Crippen MR) is 80.8 cm³/mol. The molecule has 21 heavy (non-hydrogen) atoms. The van der Waals surface area contributed by atoms with Gasteiger partial charge in [-0.1, -0.05) is 29.8 Å². The lowest BCUT2D eigenvalue weighted by Gasteiger charge is -2.18. The van der Waals surface area contributed by atoms with E-state index in [1.54, 1.807) is 0 Å². The monoisotopic (exact) mass is 290 g/mol. The second-order valence-electron chi connectivity index (χ2n) is 5.44. The van der Waals surface area contributed by atoms with Crippen LogP contribution in [0.15, 0.2) is 36.4 Å². The first-order valence-corrected chi connectivity index (χ1v) is 6.95. The Labute approximate surface area is 124 Å². The van der Waals surface area contributed by atoms with E-state index in [-0.39, 0.29) is 6.04 Å². The van der Waals surface area contributed by atoms with Crippen LogP contribution >= 0.6 is 0 Å². The summed E-state index contributed by atoms with van der Waals surface area (Å²) < 4.78 is 26.7. The van der Waals surface area contributed by atoms with Crippen LogP contribution in [0.3, 0.4) is 0 Å². The quantitative estimate of drug-likeness (QED) is 0.655. The Bertz CT molecular complexity index is 626. The molecule has 2 aromatic rings. The Morgan fingerprint density at radius 1 is 1.00 bits per heavy atom. The first-order chi connectivity index (χ1) is 9.99. The topological polar surface area (TPSA) is 38.0 Å². The molecule has 3 N–H and O–H groups in total. The van der Waals surface area contributed by atoms with Crippen molar-refractivity contribution in [2.45, 2.75) is 32.7 Å². The van der Waals surface area contributed by atoms with Crippen LogP contribution in [0.1, 0.15) is 22.3 Å². The maximum absolute atomic E-state index is 13.7. The second kappa shape index (κ2) is 6.78. The van der Waals surface area contributed by atoms with Gasteiger partial charge < -0.3 is 0 Å². The molecule has 0 bridgehead atoms. The number of hydrazine groups is 1. The molecule has 0 radical (unpaired) electrons. The molecule has 2 rings (SSSR count). The van der Waals surface area contributed by atoms with Crippen molar-refractivity contribution in [3.8, 4) is 0 Å². The number of benzene rings is 2. The average molecular weight is 290 g/mol. The van der Waals surface area contributed by atoms with Gasteiger partial charge in [0.05, 0.1) is 0 Å². The summed E-state index contributed by atoms with van der Waals surface area (Å²) in [5.74, 6) is 4.49. The van der Waals surface area contributed by atoms with Gasteiger partial charge in [0.1, 0.15) is 11.6 Å². The van der Waals surface area contributed by atoms with Crippen molar-refractivity contribution in [3.05, 3.63) is 70.3 Å². The summed E-state index contributed by atoms with van der Waals surface area (Å²) in [4.78, 5) is 0. The summed E-state index contributed by atoms with van der Waals surface area (Å²) >= 11 is 0. The lowest BCUT2D eigenvalue weighted by Crippen LogP contribution is -2.38. The highest BCUT2D eigenvalue weighted by atomic mass is 19.1. The van der Waals surface area contributed by atoms with Gasteiger partial charge in [-0.25, -0.2) is 8.78 Å². The molecule has 1 atom stereocenters. The number of hydrogen-bond acceptors (Lipinski definition) is 2. The van der Waals surface area contributed by atoms with E-state index in [4.69, 9.17) is 5.84 Å². The lowest BCUT2D eigenvalue weighted by molar-refractivity contribution is 0.501. The van der Waals surface area contributed by atoms with E-state index in [1.807, 2.05) is 13.8 Å². The summed E-state index contributed by atoms with van der Waals surface area (Å²) in [6, 6.07) is 9.77. The smallest absolute Gasteiger partial charge is 0.129 e. The molecule has 0 saturated heterocycles. The summed E-state index contributed by atoms with van der Waals surface area (Å²) in [6.07, 6.45) is 1.11. The van der Waals surface area contributed by atoms with Gasteiger partial charge in [0.25, 0.3) is 0 Å². The summed E-state index contributed by atoms with van der Waals surface area (Å²) in [7, 11) is 0. The van der Waals surface area contributed by atoms with Gasteiger partial charge in [-0.2, -0.15) is 0 Å². The van der Waals surface area contributed by atoms with Crippen molar-refractivity contribution in [2.75, 3.05) is 0 Å². The first-order valence-electron chi connectivity index (χ1n) is 6.95. The molecule has 0 aliphatic carbocycles. The van der Waals surface area contributed by atoms with Crippen LogP contribution in [-0.2, 0) is 12.8 Å². The Hall–Kier alpha value is -1.78. The zero-order valence-electron chi connectivity index (χ0n) is 12.3. The van der Waals surface area contributed by atoms with Gasteiger partial charge in [0, 0.05) is 12.1 Å². The molecule has 0 saturated carbocycles. The van der Waals surface area contributed by atoms with E-state index in [0.717, 1.165) is 6.07 Å². The minimum absolute atomic E-state index is 0.106. The van der Waals surface area contributed by atoms with Crippen molar-refractivity contribution in [3.63, 3.8) is 0 Å². The fourth-order valence-electron chi connectivity index (χ4n) is 2.43. The van der Waals surface area contributed by atoms with E-state index >= 15 is 0 Å². The van der Waals surface area contributed by atoms with Crippen LogP contribution in [0.4, 0.5) is 8.78 Å². The number of hydrogen-bond donors (Lipinski definition) is 2. The number of aryl methyl sites for hydroxylation is 2. The predicted octanol–water partition coefficient (Wildman–Crippen LogP) is 3.20. The zero-order valence-corrected chi connectivity index (χ0v) is 12.3. The molecule has 112 valence electrons. The van der Waals surface area contributed by atoms with Gasteiger partial charge in [-0.15, -0.1) is 0 Å². The minimum atomic E-state index is -0.567. The minimum Gasteiger partial charge on any atom is -0.271 e. The maximum Gasteiger partial charge on any atom is 0.129 e. The van der Waals surface area contributed by atoms with Crippen LogP contribution in [0.5, 0.6) is 0 Å². The summed E-state index contributed by atoms with van der Waals surface area (Å²) in [6.45, 7) is 4.08.